The fourth-order valence-electron chi connectivity index (χ4n) is 1.49. The summed E-state index contributed by atoms with van der Waals surface area (Å²) >= 11 is 0. The van der Waals surface area contributed by atoms with E-state index in [9.17, 15) is 4.79 Å². The van der Waals surface area contributed by atoms with Crippen LogP contribution in [0.3, 0.4) is 0 Å². The summed E-state index contributed by atoms with van der Waals surface area (Å²) in [7, 11) is 1.57. The predicted octanol–water partition coefficient (Wildman–Crippen LogP) is 0.185. The van der Waals surface area contributed by atoms with Crippen molar-refractivity contribution >= 4 is 5.91 Å². The van der Waals surface area contributed by atoms with Crippen molar-refractivity contribution in [1.82, 2.24) is 5.32 Å². The molecule has 0 saturated carbocycles. The maximum absolute atomic E-state index is 11.5. The van der Waals surface area contributed by atoms with Crippen LogP contribution < -0.4 is 11.1 Å². The first-order chi connectivity index (χ1) is 6.76. The number of carbonyl (C=O) groups is 1. The number of nitrogens with two attached hydrogens (primary N) is 1. The highest BCUT2D eigenvalue weighted by molar-refractivity contribution is 5.76. The van der Waals surface area contributed by atoms with E-state index in [0.29, 0.717) is 13.0 Å². The molecule has 0 heterocycles. The van der Waals surface area contributed by atoms with Crippen molar-refractivity contribution in [2.45, 2.75) is 31.4 Å². The lowest BCUT2D eigenvalue weighted by molar-refractivity contribution is -0.124. The molecule has 3 N–H and O–H groups in total. The highest BCUT2D eigenvalue weighted by Gasteiger charge is 2.16. The van der Waals surface area contributed by atoms with Crippen LogP contribution in [0.4, 0.5) is 0 Å². The van der Waals surface area contributed by atoms with Gasteiger partial charge in [0.05, 0.1) is 12.5 Å². The Kier molecular flexibility index (Phi) is 4.62. The van der Waals surface area contributed by atoms with Crippen molar-refractivity contribution in [1.29, 1.82) is 0 Å². The molecule has 0 spiro atoms. The molecule has 1 aliphatic carbocycles. The maximum Gasteiger partial charge on any atom is 0.222 e. The Hall–Kier alpha value is -0.870. The second kappa shape index (κ2) is 5.78. The number of hydrogen-bond acceptors (Lipinski definition) is 3. The van der Waals surface area contributed by atoms with E-state index < -0.39 is 0 Å². The quantitative estimate of drug-likeness (QED) is 0.620. The van der Waals surface area contributed by atoms with Gasteiger partial charge in [0.1, 0.15) is 0 Å². The number of nitrogens with one attached hydrogen (secondary N) is 1. The molecule has 1 aliphatic rings. The average molecular weight is 198 g/mol. The lowest BCUT2D eigenvalue weighted by Crippen LogP contribution is -2.37. The SMILES string of the molecule is COC(CN)CC(=O)NC1CC=CC1. The Balaban J connectivity index is 2.20. The van der Waals surface area contributed by atoms with Crippen molar-refractivity contribution in [3.05, 3.63) is 12.2 Å². The van der Waals surface area contributed by atoms with Gasteiger partial charge in [-0.1, -0.05) is 12.2 Å². The summed E-state index contributed by atoms with van der Waals surface area (Å²) in [5.41, 5.74) is 5.42. The Labute approximate surface area is 84.5 Å². The summed E-state index contributed by atoms with van der Waals surface area (Å²) in [4.78, 5) is 11.5. The lowest BCUT2D eigenvalue weighted by Gasteiger charge is -2.15. The van der Waals surface area contributed by atoms with Crippen LogP contribution in [0.5, 0.6) is 0 Å². The summed E-state index contributed by atoms with van der Waals surface area (Å²) < 4.78 is 5.03. The molecule has 14 heavy (non-hydrogen) atoms. The molecular formula is C10H18N2O2. The number of carbonyl (C=O) groups excluding carboxylic acids is 1. The molecule has 1 unspecified atom stereocenters. The van der Waals surface area contributed by atoms with Gasteiger partial charge in [-0.15, -0.1) is 0 Å². The second-order valence-corrected chi connectivity index (χ2v) is 3.50. The smallest absolute Gasteiger partial charge is 0.222 e. The summed E-state index contributed by atoms with van der Waals surface area (Å²) in [5.74, 6) is 0.0241. The van der Waals surface area contributed by atoms with Gasteiger partial charge in [-0.2, -0.15) is 0 Å². The molecule has 0 bridgehead atoms. The monoisotopic (exact) mass is 198 g/mol. The van der Waals surface area contributed by atoms with E-state index in [2.05, 4.69) is 17.5 Å². The molecule has 1 atom stereocenters. The van der Waals surface area contributed by atoms with Crippen LogP contribution in [0.15, 0.2) is 12.2 Å². The minimum absolute atomic E-state index is 0.0241. The molecule has 0 aliphatic heterocycles. The van der Waals surface area contributed by atoms with Crippen LogP contribution in [-0.4, -0.2) is 31.7 Å². The van der Waals surface area contributed by atoms with Gasteiger partial charge in [-0.25, -0.2) is 0 Å². The number of methoxy groups -OCH3 is 1. The molecule has 0 radical (unpaired) electrons. The van der Waals surface area contributed by atoms with E-state index in [1.807, 2.05) is 0 Å². The Morgan fingerprint density at radius 1 is 1.64 bits per heavy atom. The highest BCUT2D eigenvalue weighted by Crippen LogP contribution is 2.09. The fraction of sp³-hybridized carbons (Fsp3) is 0.700. The van der Waals surface area contributed by atoms with Gasteiger partial charge in [0.2, 0.25) is 5.91 Å². The Morgan fingerprint density at radius 3 is 2.79 bits per heavy atom. The van der Waals surface area contributed by atoms with Gasteiger partial charge in [0.15, 0.2) is 0 Å². The van der Waals surface area contributed by atoms with E-state index in [1.54, 1.807) is 7.11 Å². The van der Waals surface area contributed by atoms with Gasteiger partial charge >= 0.3 is 0 Å². The first-order valence-electron chi connectivity index (χ1n) is 4.93. The van der Waals surface area contributed by atoms with Crippen LogP contribution >= 0.6 is 0 Å². The molecule has 80 valence electrons. The normalized spacial score (nSPS) is 18.4. The van der Waals surface area contributed by atoms with Crippen LogP contribution in [-0.2, 0) is 9.53 Å². The summed E-state index contributed by atoms with van der Waals surface area (Å²) in [6, 6.07) is 0.276. The zero-order valence-electron chi connectivity index (χ0n) is 8.53. The van der Waals surface area contributed by atoms with Gasteiger partial charge in [-0.3, -0.25) is 4.79 Å². The molecule has 1 rings (SSSR count). The molecule has 0 fully saturated rings. The van der Waals surface area contributed by atoms with Crippen LogP contribution in [0.2, 0.25) is 0 Å². The zero-order valence-corrected chi connectivity index (χ0v) is 8.53. The van der Waals surface area contributed by atoms with Crippen molar-refractivity contribution in [3.8, 4) is 0 Å². The average Bonchev–Trinajstić information content (AvgIpc) is 2.66. The fourth-order valence-corrected chi connectivity index (χ4v) is 1.49. The molecule has 0 saturated heterocycles. The van der Waals surface area contributed by atoms with Crippen molar-refractivity contribution in [3.63, 3.8) is 0 Å². The Bertz CT molecular complexity index is 198. The number of amides is 1. The van der Waals surface area contributed by atoms with Gasteiger partial charge in [0.25, 0.3) is 0 Å². The third-order valence-electron chi connectivity index (χ3n) is 2.38. The first-order valence-corrected chi connectivity index (χ1v) is 4.93. The molecule has 4 nitrogen and oxygen atoms in total. The van der Waals surface area contributed by atoms with Crippen molar-refractivity contribution in [2.75, 3.05) is 13.7 Å². The minimum Gasteiger partial charge on any atom is -0.380 e. The zero-order chi connectivity index (χ0) is 10.4. The first kappa shape index (κ1) is 11.2. The van der Waals surface area contributed by atoms with Crippen molar-refractivity contribution < 1.29 is 9.53 Å². The van der Waals surface area contributed by atoms with Crippen molar-refractivity contribution in [2.24, 2.45) is 5.73 Å². The van der Waals surface area contributed by atoms with Crippen LogP contribution in [0, 0.1) is 0 Å². The third kappa shape index (κ3) is 3.47. The summed E-state index contributed by atoms with van der Waals surface area (Å²) in [6.45, 7) is 0.382. The summed E-state index contributed by atoms with van der Waals surface area (Å²) in [5, 5.41) is 2.94. The molecule has 0 aromatic heterocycles. The lowest BCUT2D eigenvalue weighted by atomic mass is 10.2. The topological polar surface area (TPSA) is 64.3 Å². The number of rotatable bonds is 5. The Morgan fingerprint density at radius 2 is 2.29 bits per heavy atom. The van der Waals surface area contributed by atoms with E-state index in [4.69, 9.17) is 10.5 Å². The number of ether oxygens (including phenoxy) is 1. The van der Waals surface area contributed by atoms with Crippen LogP contribution in [0.1, 0.15) is 19.3 Å². The van der Waals surface area contributed by atoms with E-state index in [1.165, 1.54) is 0 Å². The highest BCUT2D eigenvalue weighted by atomic mass is 16.5. The van der Waals surface area contributed by atoms with Crippen LogP contribution in [0.25, 0.3) is 0 Å². The van der Waals surface area contributed by atoms with Gasteiger partial charge in [0, 0.05) is 19.7 Å². The number of hydrogen-bond donors (Lipinski definition) is 2. The predicted molar refractivity (Wildman–Crippen MR) is 54.8 cm³/mol. The molecular weight excluding hydrogens is 180 g/mol. The van der Waals surface area contributed by atoms with Gasteiger partial charge in [-0.05, 0) is 12.8 Å². The van der Waals surface area contributed by atoms with E-state index in [-0.39, 0.29) is 18.1 Å². The standard InChI is InChI=1S/C10H18N2O2/c1-14-9(7-11)6-10(13)12-8-4-2-3-5-8/h2-3,8-9H,4-7,11H2,1H3,(H,12,13). The molecule has 4 heteroatoms. The molecule has 0 aromatic carbocycles. The largest absolute Gasteiger partial charge is 0.380 e. The second-order valence-electron chi connectivity index (χ2n) is 3.50. The molecule has 0 aromatic rings. The molecule has 1 amide bonds. The maximum atomic E-state index is 11.5. The van der Waals surface area contributed by atoms with E-state index >= 15 is 0 Å². The minimum atomic E-state index is -0.163. The summed E-state index contributed by atoms with van der Waals surface area (Å²) in [6.07, 6.45) is 6.23. The van der Waals surface area contributed by atoms with Gasteiger partial charge < -0.3 is 15.8 Å². The van der Waals surface area contributed by atoms with E-state index in [0.717, 1.165) is 12.8 Å². The third-order valence-corrected chi connectivity index (χ3v) is 2.38.